The largest absolute Gasteiger partial charge is 0.324 e. The van der Waals surface area contributed by atoms with Crippen LogP contribution in [0.1, 0.15) is 6.92 Å². The van der Waals surface area contributed by atoms with Gasteiger partial charge in [0.25, 0.3) is 0 Å². The molecule has 10 heteroatoms. The highest BCUT2D eigenvalue weighted by Gasteiger charge is 2.45. The van der Waals surface area contributed by atoms with E-state index in [2.05, 4.69) is 23.2 Å². The quantitative estimate of drug-likeness (QED) is 0.531. The van der Waals surface area contributed by atoms with Gasteiger partial charge in [-0.25, -0.2) is 4.99 Å². The van der Waals surface area contributed by atoms with Gasteiger partial charge >= 0.3 is 0 Å². The van der Waals surface area contributed by atoms with Gasteiger partial charge in [-0.1, -0.05) is 44.6 Å². The van der Waals surface area contributed by atoms with Crippen LogP contribution < -0.4 is 4.90 Å². The highest BCUT2D eigenvalue weighted by Crippen LogP contribution is 2.44. The molecule has 0 amide bonds. The summed E-state index contributed by atoms with van der Waals surface area (Å²) < 4.78 is -0.606. The Morgan fingerprint density at radius 2 is 1.91 bits per heavy atom. The third kappa shape index (κ3) is 3.94. The third-order valence-electron chi connectivity index (χ3n) is 3.57. The molecule has 1 aliphatic heterocycles. The molecule has 0 bridgehead atoms. The molecular formula is C13H16N2S8. The summed E-state index contributed by atoms with van der Waals surface area (Å²) in [5.41, 5.74) is 1.77. The van der Waals surface area contributed by atoms with Crippen molar-refractivity contribution in [3.05, 3.63) is 42.6 Å². The van der Waals surface area contributed by atoms with Crippen LogP contribution in [0, 0.1) is 0 Å². The van der Waals surface area contributed by atoms with Gasteiger partial charge in [-0.15, -0.1) is 11.7 Å². The average molecular weight is 457 g/mol. The number of nitrogens with zero attached hydrogens (tertiary/aromatic N) is 2. The number of rotatable bonds is 4. The van der Waals surface area contributed by atoms with Gasteiger partial charge in [-0.05, 0) is 70.0 Å². The zero-order valence-corrected chi connectivity index (χ0v) is 19.1. The number of para-hydroxylation sites is 1. The molecule has 1 aromatic carbocycles. The van der Waals surface area contributed by atoms with Gasteiger partial charge in [0, 0.05) is 12.7 Å². The van der Waals surface area contributed by atoms with Crippen LogP contribution in [-0.4, -0.2) is 21.5 Å². The van der Waals surface area contributed by atoms with E-state index in [1.807, 2.05) is 49.2 Å². The fourth-order valence-electron chi connectivity index (χ4n) is 2.04. The molecule has 1 aliphatic rings. The maximum Gasteiger partial charge on any atom is 0.169 e. The van der Waals surface area contributed by atoms with E-state index in [9.17, 15) is 0 Å². The van der Waals surface area contributed by atoms with Crippen molar-refractivity contribution in [2.45, 2.75) is 16.3 Å². The number of thioether (sulfide) groups is 1. The molecule has 2 nitrogen and oxygen atoms in total. The van der Waals surface area contributed by atoms with Gasteiger partial charge in [0.2, 0.25) is 0 Å². The summed E-state index contributed by atoms with van der Waals surface area (Å²) in [6.45, 7) is 6.06. The SMILES string of the molecule is C=C1N=C(N(C)c2ccccc2)SC1C(C)([SH](=S)=S)S(=S)(=S)S. The molecule has 2 atom stereocenters. The minimum absolute atomic E-state index is 0.118. The number of hydrogen-bond donors (Lipinski definition) is 2. The van der Waals surface area contributed by atoms with Crippen molar-refractivity contribution >= 4 is 93.2 Å². The first-order valence-electron chi connectivity index (χ1n) is 6.43. The normalized spacial score (nSPS) is 21.1. The fourth-order valence-corrected chi connectivity index (χ4v) is 14.9. The molecule has 23 heavy (non-hydrogen) atoms. The molecule has 2 unspecified atom stereocenters. The minimum Gasteiger partial charge on any atom is -0.324 e. The molecule has 0 spiro atoms. The second-order valence-electron chi connectivity index (χ2n) is 5.06. The van der Waals surface area contributed by atoms with Gasteiger partial charge < -0.3 is 4.90 Å². The van der Waals surface area contributed by atoms with Crippen molar-refractivity contribution in [3.63, 3.8) is 0 Å². The number of benzene rings is 1. The topological polar surface area (TPSA) is 15.6 Å². The Balaban J connectivity index is 2.37. The lowest BCUT2D eigenvalue weighted by molar-refractivity contribution is 0.896. The van der Waals surface area contributed by atoms with E-state index >= 15 is 0 Å². The summed E-state index contributed by atoms with van der Waals surface area (Å²) in [5, 5.41) is 0.730. The number of anilines is 1. The molecule has 1 heterocycles. The molecule has 1 aromatic rings. The van der Waals surface area contributed by atoms with Crippen molar-refractivity contribution in [1.82, 2.24) is 0 Å². The molecule has 0 saturated carbocycles. The molecule has 0 N–H and O–H groups in total. The molecule has 0 fully saturated rings. The van der Waals surface area contributed by atoms with Crippen LogP contribution in [0.3, 0.4) is 0 Å². The summed E-state index contributed by atoms with van der Waals surface area (Å²) >= 11 is 28.0. The lowest BCUT2D eigenvalue weighted by atomic mass is 10.2. The second kappa shape index (κ2) is 7.53. The van der Waals surface area contributed by atoms with E-state index in [1.165, 1.54) is 0 Å². The molecular weight excluding hydrogens is 441 g/mol. The standard InChI is InChI=1S/C13H16N2S8/c1-9-11(13(2,22(16)17)23(18,19)20)21-12(14-9)15(3)10-7-5-4-6-8-10/h4-8,11,22H,1H2,2-3H3,(H,18,19,20). The molecule has 0 saturated heterocycles. The summed E-state index contributed by atoms with van der Waals surface area (Å²) in [7, 11) is 0.754. The smallest absolute Gasteiger partial charge is 0.169 e. The van der Waals surface area contributed by atoms with Crippen LogP contribution in [0.5, 0.6) is 0 Å². The summed E-state index contributed by atoms with van der Waals surface area (Å²) in [4.78, 5) is 6.65. The Bertz CT molecular complexity index is 817. The van der Waals surface area contributed by atoms with Crippen molar-refractivity contribution in [1.29, 1.82) is 0 Å². The van der Waals surface area contributed by atoms with E-state index in [0.717, 1.165) is 16.6 Å². The first kappa shape index (κ1) is 20.0. The minimum atomic E-state index is -2.09. The van der Waals surface area contributed by atoms with Gasteiger partial charge in [-0.2, -0.15) is 0 Å². The van der Waals surface area contributed by atoms with Gasteiger partial charge in [0.05, 0.1) is 15.0 Å². The zero-order chi connectivity index (χ0) is 17.4. The summed E-state index contributed by atoms with van der Waals surface area (Å²) in [6, 6.07) is 10.0. The van der Waals surface area contributed by atoms with Gasteiger partial charge in [0.1, 0.15) is 0 Å². The molecule has 2 rings (SSSR count). The maximum absolute atomic E-state index is 5.51. The van der Waals surface area contributed by atoms with E-state index in [1.54, 1.807) is 11.8 Å². The van der Waals surface area contributed by atoms with Crippen molar-refractivity contribution in [2.75, 3.05) is 11.9 Å². The molecule has 0 radical (unpaired) electrons. The van der Waals surface area contributed by atoms with Crippen LogP contribution in [0.25, 0.3) is 0 Å². The Kier molecular flexibility index (Phi) is 6.55. The molecule has 126 valence electrons. The number of hydrogen-bond acceptors (Lipinski definition) is 7. The second-order valence-corrected chi connectivity index (χ2v) is 19.3. The van der Waals surface area contributed by atoms with Crippen molar-refractivity contribution < 1.29 is 0 Å². The van der Waals surface area contributed by atoms with E-state index < -0.39 is 18.3 Å². The average Bonchev–Trinajstić information content (AvgIpc) is 2.87. The Morgan fingerprint density at radius 1 is 1.35 bits per heavy atom. The zero-order valence-electron chi connectivity index (χ0n) is 12.4. The number of aliphatic imine (C=N–C) groups is 1. The highest BCUT2D eigenvalue weighted by atomic mass is 33.5. The monoisotopic (exact) mass is 456 g/mol. The van der Waals surface area contributed by atoms with Crippen LogP contribution in [0.2, 0.25) is 0 Å². The maximum atomic E-state index is 5.51. The lowest BCUT2D eigenvalue weighted by Gasteiger charge is -2.34. The Hall–Kier alpha value is 0.710. The van der Waals surface area contributed by atoms with Crippen molar-refractivity contribution in [3.8, 4) is 0 Å². The van der Waals surface area contributed by atoms with E-state index in [4.69, 9.17) is 44.8 Å². The van der Waals surface area contributed by atoms with Crippen LogP contribution >= 0.6 is 23.4 Å². The summed E-state index contributed by atoms with van der Waals surface area (Å²) in [6.07, 6.45) is -2.09. The Labute approximate surface area is 167 Å². The first-order valence-corrected chi connectivity index (χ1v) is 15.2. The molecule has 0 aliphatic carbocycles. The van der Waals surface area contributed by atoms with Crippen molar-refractivity contribution in [2.24, 2.45) is 4.99 Å². The highest BCUT2D eigenvalue weighted by molar-refractivity contribution is 8.95. The number of amidine groups is 1. The van der Waals surface area contributed by atoms with Gasteiger partial charge in [-0.3, -0.25) is 0 Å². The number of thiol groups is 2. The van der Waals surface area contributed by atoms with Gasteiger partial charge in [0.15, 0.2) is 5.17 Å². The van der Waals surface area contributed by atoms with E-state index in [0.29, 0.717) is 0 Å². The fraction of sp³-hybridized carbons (Fsp3) is 0.308. The van der Waals surface area contributed by atoms with Crippen LogP contribution in [0.4, 0.5) is 5.69 Å². The lowest BCUT2D eigenvalue weighted by Crippen LogP contribution is -2.43. The van der Waals surface area contributed by atoms with Crippen LogP contribution in [-0.2, 0) is 58.9 Å². The summed E-state index contributed by atoms with van der Waals surface area (Å²) in [5.74, 6) is 0. The predicted molar refractivity (Wildman–Crippen MR) is 126 cm³/mol. The Morgan fingerprint density at radius 3 is 2.39 bits per heavy atom. The van der Waals surface area contributed by atoms with Crippen LogP contribution in [0.15, 0.2) is 47.6 Å². The molecule has 0 aromatic heterocycles. The first-order chi connectivity index (χ1) is 10.6. The van der Waals surface area contributed by atoms with E-state index in [-0.39, 0.29) is 5.25 Å². The predicted octanol–water partition coefficient (Wildman–Crippen LogP) is 3.02. The third-order valence-corrected chi connectivity index (χ3v) is 16.4.